The number of aliphatic hydroxyl groups is 1. The van der Waals surface area contributed by atoms with E-state index in [2.05, 4.69) is 20.6 Å². The molecule has 39 heavy (non-hydrogen) atoms. The molecule has 5 rings (SSSR count). The van der Waals surface area contributed by atoms with Gasteiger partial charge in [-0.05, 0) is 31.9 Å². The fourth-order valence-corrected chi connectivity index (χ4v) is 4.37. The number of benzene rings is 2. The van der Waals surface area contributed by atoms with E-state index >= 15 is 0 Å². The predicted molar refractivity (Wildman–Crippen MR) is 132 cm³/mol. The molecular weight excluding hydrogens is 517 g/mol. The molecule has 2 N–H and O–H groups in total. The van der Waals surface area contributed by atoms with Gasteiger partial charge in [-0.25, -0.2) is 0 Å². The van der Waals surface area contributed by atoms with Crippen molar-refractivity contribution < 1.29 is 36.9 Å². The van der Waals surface area contributed by atoms with Gasteiger partial charge in [0.1, 0.15) is 23.5 Å². The predicted octanol–water partition coefficient (Wildman–Crippen LogP) is 4.83. The Morgan fingerprint density at radius 3 is 2.49 bits per heavy atom. The number of hydrogen-bond donors (Lipinski definition) is 2. The molecule has 0 aliphatic carbocycles. The Morgan fingerprint density at radius 1 is 1.08 bits per heavy atom. The van der Waals surface area contributed by atoms with Crippen molar-refractivity contribution in [3.63, 3.8) is 0 Å². The number of nitrogens with zero attached hydrogens (tertiary/aromatic N) is 3. The van der Waals surface area contributed by atoms with Gasteiger partial charge in [-0.3, -0.25) is 4.79 Å². The lowest BCUT2D eigenvalue weighted by Gasteiger charge is -2.26. The fraction of sp³-hybridized carbons (Fsp3) is 0.333. The van der Waals surface area contributed by atoms with E-state index in [1.165, 1.54) is 19.1 Å². The fourth-order valence-electron chi connectivity index (χ4n) is 4.37. The Labute approximate surface area is 221 Å². The summed E-state index contributed by atoms with van der Waals surface area (Å²) in [6.45, 7) is 2.71. The van der Waals surface area contributed by atoms with E-state index in [0.29, 0.717) is 17.7 Å². The van der Waals surface area contributed by atoms with Crippen molar-refractivity contribution in [2.45, 2.75) is 31.5 Å². The number of alkyl halides is 3. The van der Waals surface area contributed by atoms with Crippen LogP contribution in [0.1, 0.15) is 30.9 Å². The third-order valence-electron chi connectivity index (χ3n) is 6.53. The van der Waals surface area contributed by atoms with E-state index in [9.17, 15) is 23.1 Å². The standard InChI is InChI=1S/C27H25F3N4O5/c1-26(36,15-37-25(35)18-8-5-13-31-14-18)19-11-9-17(10-12-19)23-32-24(39-34-23)22-20(27(28,29)30)21(33-38-22)16-6-3-2-4-7-16/h2-4,6-7,9-12,18,31,36H,5,8,13-15H2,1H3. The molecule has 2 atom stereocenters. The zero-order valence-corrected chi connectivity index (χ0v) is 20.9. The molecule has 1 aliphatic heterocycles. The van der Waals surface area contributed by atoms with Crippen molar-refractivity contribution in [1.29, 1.82) is 0 Å². The number of esters is 1. The van der Waals surface area contributed by atoms with E-state index in [1.54, 1.807) is 42.5 Å². The lowest BCUT2D eigenvalue weighted by molar-refractivity contribution is -0.156. The van der Waals surface area contributed by atoms with Gasteiger partial charge in [0, 0.05) is 17.7 Å². The maximum Gasteiger partial charge on any atom is 0.422 e. The summed E-state index contributed by atoms with van der Waals surface area (Å²) in [6, 6.07) is 14.2. The molecule has 1 saturated heterocycles. The van der Waals surface area contributed by atoms with Crippen molar-refractivity contribution in [1.82, 2.24) is 20.6 Å². The number of carbonyl (C=O) groups excluding carboxylic acids is 1. The lowest BCUT2D eigenvalue weighted by Crippen LogP contribution is -2.37. The number of rotatable bonds is 7. The minimum absolute atomic E-state index is 0.0122. The van der Waals surface area contributed by atoms with Crippen LogP contribution in [0.15, 0.2) is 63.6 Å². The summed E-state index contributed by atoms with van der Waals surface area (Å²) < 4.78 is 57.4. The molecule has 0 bridgehead atoms. The van der Waals surface area contributed by atoms with E-state index in [-0.39, 0.29) is 35.6 Å². The van der Waals surface area contributed by atoms with Crippen molar-refractivity contribution in [2.75, 3.05) is 19.7 Å². The third kappa shape index (κ3) is 5.71. The zero-order chi connectivity index (χ0) is 27.6. The maximum absolute atomic E-state index is 14.0. The first kappa shape index (κ1) is 26.6. The quantitative estimate of drug-likeness (QED) is 0.316. The second-order valence-corrected chi connectivity index (χ2v) is 9.52. The van der Waals surface area contributed by atoms with Crippen molar-refractivity contribution in [2.24, 2.45) is 5.92 Å². The van der Waals surface area contributed by atoms with Crippen LogP contribution in [0.5, 0.6) is 0 Å². The number of hydrogen-bond acceptors (Lipinski definition) is 9. The van der Waals surface area contributed by atoms with Crippen LogP contribution in [-0.2, 0) is 21.3 Å². The highest BCUT2D eigenvalue weighted by molar-refractivity contribution is 5.73. The number of nitrogens with one attached hydrogen (secondary N) is 1. The van der Waals surface area contributed by atoms with E-state index in [4.69, 9.17) is 13.8 Å². The molecule has 0 radical (unpaired) electrons. The van der Waals surface area contributed by atoms with Crippen LogP contribution in [0.3, 0.4) is 0 Å². The molecule has 2 aromatic carbocycles. The monoisotopic (exact) mass is 542 g/mol. The summed E-state index contributed by atoms with van der Waals surface area (Å²) >= 11 is 0. The molecule has 9 nitrogen and oxygen atoms in total. The molecule has 1 aliphatic rings. The topological polar surface area (TPSA) is 124 Å². The molecule has 12 heteroatoms. The maximum atomic E-state index is 14.0. The Hall–Kier alpha value is -4.03. The Morgan fingerprint density at radius 2 is 1.82 bits per heavy atom. The summed E-state index contributed by atoms with van der Waals surface area (Å²) in [7, 11) is 0. The Kier molecular flexibility index (Phi) is 7.23. The van der Waals surface area contributed by atoms with Crippen LogP contribution in [0, 0.1) is 5.92 Å². The minimum Gasteiger partial charge on any atom is -0.462 e. The van der Waals surface area contributed by atoms with E-state index in [1.807, 2.05) is 0 Å². The largest absolute Gasteiger partial charge is 0.462 e. The first-order valence-electron chi connectivity index (χ1n) is 12.3. The van der Waals surface area contributed by atoms with Crippen LogP contribution in [0.2, 0.25) is 0 Å². The van der Waals surface area contributed by atoms with Gasteiger partial charge in [0.15, 0.2) is 0 Å². The molecule has 1 fully saturated rings. The van der Waals surface area contributed by atoms with Crippen molar-refractivity contribution in [3.05, 3.63) is 65.7 Å². The zero-order valence-electron chi connectivity index (χ0n) is 20.9. The third-order valence-corrected chi connectivity index (χ3v) is 6.53. The number of ether oxygens (including phenoxy) is 1. The molecule has 2 aromatic heterocycles. The normalized spacial score (nSPS) is 17.5. The van der Waals surface area contributed by atoms with Gasteiger partial charge in [0.25, 0.3) is 5.89 Å². The molecule has 204 valence electrons. The molecule has 0 spiro atoms. The second-order valence-electron chi connectivity index (χ2n) is 9.52. The highest BCUT2D eigenvalue weighted by Crippen LogP contribution is 2.43. The van der Waals surface area contributed by atoms with Crippen LogP contribution in [0.4, 0.5) is 13.2 Å². The second kappa shape index (κ2) is 10.6. The van der Waals surface area contributed by atoms with Gasteiger partial charge in [-0.2, -0.15) is 18.2 Å². The number of halogens is 3. The lowest BCUT2D eigenvalue weighted by atomic mass is 9.95. The molecule has 2 unspecified atom stereocenters. The van der Waals surface area contributed by atoms with Crippen molar-refractivity contribution in [3.8, 4) is 34.3 Å². The molecule has 4 aromatic rings. The summed E-state index contributed by atoms with van der Waals surface area (Å²) in [5.74, 6) is -1.75. The van der Waals surface area contributed by atoms with Crippen LogP contribution >= 0.6 is 0 Å². The summed E-state index contributed by atoms with van der Waals surface area (Å²) in [4.78, 5) is 16.4. The van der Waals surface area contributed by atoms with Crippen LogP contribution < -0.4 is 5.32 Å². The van der Waals surface area contributed by atoms with Crippen LogP contribution in [-0.4, -0.2) is 46.1 Å². The van der Waals surface area contributed by atoms with Crippen molar-refractivity contribution >= 4 is 5.97 Å². The Balaban J connectivity index is 1.33. The summed E-state index contributed by atoms with van der Waals surface area (Å²) in [5, 5.41) is 21.4. The first-order valence-corrected chi connectivity index (χ1v) is 12.3. The number of carbonyl (C=O) groups is 1. The Bertz CT molecular complexity index is 1430. The molecule has 3 heterocycles. The van der Waals surface area contributed by atoms with Gasteiger partial charge < -0.3 is 24.2 Å². The highest BCUT2D eigenvalue weighted by atomic mass is 19.4. The average Bonchev–Trinajstić information content (AvgIpc) is 3.61. The summed E-state index contributed by atoms with van der Waals surface area (Å²) in [5.41, 5.74) is -1.85. The molecule has 0 amide bonds. The SMILES string of the molecule is CC(O)(COC(=O)C1CCCNC1)c1ccc(-c2noc(-c3onc(-c4ccccc4)c3C(F)(F)F)n2)cc1. The van der Waals surface area contributed by atoms with Gasteiger partial charge >= 0.3 is 12.1 Å². The van der Waals surface area contributed by atoms with Gasteiger partial charge in [0.2, 0.25) is 11.6 Å². The van der Waals surface area contributed by atoms with Gasteiger partial charge in [0.05, 0.1) is 5.92 Å². The van der Waals surface area contributed by atoms with Gasteiger partial charge in [-0.15, -0.1) is 0 Å². The highest BCUT2D eigenvalue weighted by Gasteiger charge is 2.43. The number of aromatic nitrogens is 3. The first-order chi connectivity index (χ1) is 18.6. The summed E-state index contributed by atoms with van der Waals surface area (Å²) in [6.07, 6.45) is -3.17. The van der Waals surface area contributed by atoms with E-state index in [0.717, 1.165) is 19.4 Å². The van der Waals surface area contributed by atoms with Crippen LogP contribution in [0.25, 0.3) is 34.3 Å². The number of piperidine rings is 1. The van der Waals surface area contributed by atoms with E-state index < -0.39 is 29.0 Å². The van der Waals surface area contributed by atoms with Gasteiger partial charge in [-0.1, -0.05) is 64.9 Å². The minimum atomic E-state index is -4.79. The molecular formula is C27H25F3N4O5. The molecule has 0 saturated carbocycles. The average molecular weight is 543 g/mol. The smallest absolute Gasteiger partial charge is 0.422 e.